The molecule has 6 heteroatoms. The molecule has 6 nitrogen and oxygen atoms in total. The van der Waals surface area contributed by atoms with Gasteiger partial charge in [0, 0.05) is 17.3 Å². The number of aryl methyl sites for hydroxylation is 1. The Hall–Kier alpha value is -2.89. The molecule has 2 amide bonds. The Morgan fingerprint density at radius 3 is 2.59 bits per heavy atom. The van der Waals surface area contributed by atoms with Gasteiger partial charge in [0.05, 0.1) is 6.54 Å². The van der Waals surface area contributed by atoms with Crippen molar-refractivity contribution in [1.29, 1.82) is 0 Å². The molecule has 0 spiro atoms. The molecule has 0 aliphatic carbocycles. The van der Waals surface area contributed by atoms with Crippen LogP contribution < -0.4 is 10.6 Å². The molecule has 2 rings (SSSR count). The highest BCUT2D eigenvalue weighted by Gasteiger charge is 2.09. The van der Waals surface area contributed by atoms with Crippen molar-refractivity contribution in [3.8, 4) is 0 Å². The quantitative estimate of drug-likeness (QED) is 0.736. The van der Waals surface area contributed by atoms with Crippen LogP contribution in [0.25, 0.3) is 6.08 Å². The Morgan fingerprint density at radius 1 is 1.23 bits per heavy atom. The Balaban J connectivity index is 1.80. The monoisotopic (exact) mass is 298 g/mol. The Morgan fingerprint density at radius 2 is 1.95 bits per heavy atom. The first-order chi connectivity index (χ1) is 10.6. The second-order valence-electron chi connectivity index (χ2n) is 4.83. The SMILES string of the molecule is Cc1[nH]nc(NC(=O)CNC(=O)C=Cc2ccccc2)c1C. The number of hydrogen-bond acceptors (Lipinski definition) is 3. The Labute approximate surface area is 128 Å². The Bertz CT molecular complexity index is 689. The molecule has 0 fully saturated rings. The number of nitrogens with one attached hydrogen (secondary N) is 3. The normalized spacial score (nSPS) is 10.6. The molecule has 3 N–H and O–H groups in total. The molecular weight excluding hydrogens is 280 g/mol. The lowest BCUT2D eigenvalue weighted by atomic mass is 10.2. The highest BCUT2D eigenvalue weighted by atomic mass is 16.2. The Kier molecular flexibility index (Phi) is 5.08. The molecule has 0 aliphatic heterocycles. The van der Waals surface area contributed by atoms with Crippen molar-refractivity contribution >= 4 is 23.7 Å². The molecule has 1 aromatic heterocycles. The van der Waals surface area contributed by atoms with Crippen molar-refractivity contribution < 1.29 is 9.59 Å². The number of rotatable bonds is 5. The lowest BCUT2D eigenvalue weighted by molar-refractivity contribution is -0.121. The maximum absolute atomic E-state index is 11.7. The summed E-state index contributed by atoms with van der Waals surface area (Å²) < 4.78 is 0. The average Bonchev–Trinajstić information content (AvgIpc) is 2.84. The molecule has 0 saturated carbocycles. The first-order valence-electron chi connectivity index (χ1n) is 6.88. The van der Waals surface area contributed by atoms with Crippen LogP contribution in [-0.4, -0.2) is 28.6 Å². The molecule has 2 aromatic rings. The van der Waals surface area contributed by atoms with Crippen LogP contribution in [0.2, 0.25) is 0 Å². The zero-order chi connectivity index (χ0) is 15.9. The summed E-state index contributed by atoms with van der Waals surface area (Å²) in [5, 5.41) is 11.9. The summed E-state index contributed by atoms with van der Waals surface area (Å²) in [6, 6.07) is 9.46. The number of hydrogen-bond donors (Lipinski definition) is 3. The fourth-order valence-electron chi connectivity index (χ4n) is 1.75. The minimum Gasteiger partial charge on any atom is -0.343 e. The molecule has 1 aromatic carbocycles. The minimum atomic E-state index is -0.325. The summed E-state index contributed by atoms with van der Waals surface area (Å²) >= 11 is 0. The van der Waals surface area contributed by atoms with E-state index < -0.39 is 0 Å². The summed E-state index contributed by atoms with van der Waals surface area (Å²) in [7, 11) is 0. The van der Waals surface area contributed by atoms with Gasteiger partial charge < -0.3 is 10.6 Å². The summed E-state index contributed by atoms with van der Waals surface area (Å²) in [6.45, 7) is 3.62. The molecule has 1 heterocycles. The molecule has 0 unspecified atom stereocenters. The average molecular weight is 298 g/mol. The first-order valence-corrected chi connectivity index (χ1v) is 6.88. The zero-order valence-corrected chi connectivity index (χ0v) is 12.5. The maximum atomic E-state index is 11.7. The van der Waals surface area contributed by atoms with Gasteiger partial charge in [-0.25, -0.2) is 0 Å². The van der Waals surface area contributed by atoms with Crippen LogP contribution in [0, 0.1) is 13.8 Å². The third-order valence-electron chi connectivity index (χ3n) is 3.16. The van der Waals surface area contributed by atoms with Gasteiger partial charge in [0.2, 0.25) is 11.8 Å². The molecule has 0 radical (unpaired) electrons. The van der Waals surface area contributed by atoms with Crippen molar-refractivity contribution in [3.63, 3.8) is 0 Å². The highest BCUT2D eigenvalue weighted by molar-refractivity contribution is 5.97. The van der Waals surface area contributed by atoms with Crippen molar-refractivity contribution in [3.05, 3.63) is 53.2 Å². The van der Waals surface area contributed by atoms with Gasteiger partial charge in [-0.2, -0.15) is 5.10 Å². The molecular formula is C16H18N4O2. The fraction of sp³-hybridized carbons (Fsp3) is 0.188. The van der Waals surface area contributed by atoms with Crippen molar-refractivity contribution in [2.75, 3.05) is 11.9 Å². The van der Waals surface area contributed by atoms with Gasteiger partial charge in [-0.15, -0.1) is 0 Å². The molecule has 0 saturated heterocycles. The van der Waals surface area contributed by atoms with E-state index in [9.17, 15) is 9.59 Å². The number of nitrogens with zero attached hydrogens (tertiary/aromatic N) is 1. The van der Waals surface area contributed by atoms with Gasteiger partial charge in [-0.05, 0) is 25.5 Å². The maximum Gasteiger partial charge on any atom is 0.244 e. The number of anilines is 1. The van der Waals surface area contributed by atoms with E-state index in [0.717, 1.165) is 16.8 Å². The van der Waals surface area contributed by atoms with Gasteiger partial charge in [-0.1, -0.05) is 30.3 Å². The third kappa shape index (κ3) is 4.31. The predicted molar refractivity (Wildman–Crippen MR) is 85.2 cm³/mol. The van der Waals surface area contributed by atoms with Crippen LogP contribution in [-0.2, 0) is 9.59 Å². The zero-order valence-electron chi connectivity index (χ0n) is 12.5. The van der Waals surface area contributed by atoms with Gasteiger partial charge >= 0.3 is 0 Å². The number of carbonyl (C=O) groups is 2. The second kappa shape index (κ2) is 7.21. The van der Waals surface area contributed by atoms with Crippen LogP contribution >= 0.6 is 0 Å². The van der Waals surface area contributed by atoms with E-state index in [1.807, 2.05) is 44.2 Å². The van der Waals surface area contributed by atoms with E-state index in [1.165, 1.54) is 6.08 Å². The van der Waals surface area contributed by atoms with E-state index in [0.29, 0.717) is 5.82 Å². The van der Waals surface area contributed by atoms with Gasteiger partial charge in [0.25, 0.3) is 0 Å². The van der Waals surface area contributed by atoms with Crippen LogP contribution in [0.4, 0.5) is 5.82 Å². The largest absolute Gasteiger partial charge is 0.343 e. The van der Waals surface area contributed by atoms with E-state index >= 15 is 0 Å². The smallest absolute Gasteiger partial charge is 0.244 e. The molecule has 0 aliphatic rings. The number of amides is 2. The number of carbonyl (C=O) groups excluding carboxylic acids is 2. The molecule has 114 valence electrons. The highest BCUT2D eigenvalue weighted by Crippen LogP contribution is 2.13. The van der Waals surface area contributed by atoms with E-state index in [2.05, 4.69) is 20.8 Å². The van der Waals surface area contributed by atoms with Crippen LogP contribution in [0.5, 0.6) is 0 Å². The van der Waals surface area contributed by atoms with Crippen molar-refractivity contribution in [1.82, 2.24) is 15.5 Å². The van der Waals surface area contributed by atoms with Gasteiger partial charge in [0.1, 0.15) is 0 Å². The van der Waals surface area contributed by atoms with E-state index in [4.69, 9.17) is 0 Å². The van der Waals surface area contributed by atoms with Crippen LogP contribution in [0.15, 0.2) is 36.4 Å². The predicted octanol–water partition coefficient (Wildman–Crippen LogP) is 1.79. The van der Waals surface area contributed by atoms with Crippen molar-refractivity contribution in [2.24, 2.45) is 0 Å². The number of aromatic amines is 1. The van der Waals surface area contributed by atoms with Gasteiger partial charge in [0.15, 0.2) is 5.82 Å². The number of H-pyrrole nitrogens is 1. The van der Waals surface area contributed by atoms with E-state index in [1.54, 1.807) is 6.08 Å². The topological polar surface area (TPSA) is 86.9 Å². The molecule has 0 bridgehead atoms. The molecule has 22 heavy (non-hydrogen) atoms. The molecule has 0 atom stereocenters. The number of aromatic nitrogens is 2. The summed E-state index contributed by atoms with van der Waals surface area (Å²) in [5.74, 6) is -0.165. The lowest BCUT2D eigenvalue weighted by Crippen LogP contribution is -2.31. The summed E-state index contributed by atoms with van der Waals surface area (Å²) in [6.07, 6.45) is 3.08. The van der Waals surface area contributed by atoms with Crippen LogP contribution in [0.1, 0.15) is 16.8 Å². The third-order valence-corrected chi connectivity index (χ3v) is 3.16. The van der Waals surface area contributed by atoms with Crippen LogP contribution in [0.3, 0.4) is 0 Å². The minimum absolute atomic E-state index is 0.108. The second-order valence-corrected chi connectivity index (χ2v) is 4.83. The van der Waals surface area contributed by atoms with E-state index in [-0.39, 0.29) is 18.4 Å². The number of benzene rings is 1. The summed E-state index contributed by atoms with van der Waals surface area (Å²) in [5.41, 5.74) is 2.69. The van der Waals surface area contributed by atoms with Crippen molar-refractivity contribution in [2.45, 2.75) is 13.8 Å². The first kappa shape index (κ1) is 15.5. The standard InChI is InChI=1S/C16H18N4O2/c1-11-12(2)19-20-16(11)18-15(22)10-17-14(21)9-8-13-6-4-3-5-7-13/h3-9H,10H2,1-2H3,(H,17,21)(H2,18,19,20,22). The summed E-state index contributed by atoms with van der Waals surface area (Å²) in [4.78, 5) is 23.4. The lowest BCUT2D eigenvalue weighted by Gasteiger charge is -2.04. The van der Waals surface area contributed by atoms with Gasteiger partial charge in [-0.3, -0.25) is 14.7 Å². The fourth-order valence-corrected chi connectivity index (χ4v) is 1.75.